The summed E-state index contributed by atoms with van der Waals surface area (Å²) in [7, 11) is 0. The highest BCUT2D eigenvalue weighted by Crippen LogP contribution is 2.70. The lowest BCUT2D eigenvalue weighted by Gasteiger charge is -2.58. The van der Waals surface area contributed by atoms with Crippen molar-refractivity contribution in [1.82, 2.24) is 0 Å². The fourth-order valence-corrected chi connectivity index (χ4v) is 2.06. The minimum atomic E-state index is -4.45. The molecule has 0 spiro atoms. The highest BCUT2D eigenvalue weighted by Gasteiger charge is 2.94. The first kappa shape index (κ1) is 13.0. The van der Waals surface area contributed by atoms with Crippen molar-refractivity contribution < 1.29 is 27.5 Å². The lowest BCUT2D eigenvalue weighted by Crippen LogP contribution is -2.85. The molecule has 8 heteroatoms. The quantitative estimate of drug-likeness (QED) is 0.616. The molecule has 0 aliphatic heterocycles. The third kappa shape index (κ3) is 1.18. The molecule has 0 bridgehead atoms. The van der Waals surface area contributed by atoms with E-state index in [9.17, 15) is 22.4 Å². The summed E-state index contributed by atoms with van der Waals surface area (Å²) in [4.78, 5) is 10.5. The second kappa shape index (κ2) is 2.99. The molecule has 1 saturated carbocycles. The van der Waals surface area contributed by atoms with Crippen LogP contribution in [0.15, 0.2) is 0 Å². The van der Waals surface area contributed by atoms with Crippen LogP contribution in [0.3, 0.4) is 0 Å². The van der Waals surface area contributed by atoms with E-state index in [0.29, 0.717) is 0 Å². The van der Waals surface area contributed by atoms with Crippen LogP contribution in [0.2, 0.25) is 0 Å². The van der Waals surface area contributed by atoms with Gasteiger partial charge in [0.05, 0.1) is 0 Å². The van der Waals surface area contributed by atoms with Gasteiger partial charge < -0.3 is 5.11 Å². The highest BCUT2D eigenvalue weighted by atomic mass is 35.5. The molecule has 1 fully saturated rings. The Morgan fingerprint density at radius 1 is 1.20 bits per heavy atom. The fraction of sp³-hybridized carbons (Fsp3) is 0.857. The fourth-order valence-electron chi connectivity index (χ4n) is 1.43. The number of alkyl halides is 6. The maximum Gasteiger partial charge on any atom is 0.321 e. The Balaban J connectivity index is 3.16. The minimum absolute atomic E-state index is 0.798. The summed E-state index contributed by atoms with van der Waals surface area (Å²) < 4.78 is 48.6. The molecule has 0 amide bonds. The number of hydrogen-bond donors (Lipinski definition) is 1. The van der Waals surface area contributed by atoms with Crippen LogP contribution in [0.5, 0.6) is 0 Å². The molecule has 1 aliphatic rings. The van der Waals surface area contributed by atoms with Gasteiger partial charge in [0.25, 0.3) is 0 Å². The van der Waals surface area contributed by atoms with Gasteiger partial charge in [-0.25, -0.2) is 0 Å². The molecule has 0 aromatic carbocycles. The van der Waals surface area contributed by atoms with Crippen LogP contribution in [0.1, 0.15) is 13.3 Å². The Morgan fingerprint density at radius 2 is 1.53 bits per heavy atom. The van der Waals surface area contributed by atoms with E-state index in [2.05, 4.69) is 0 Å². The molecule has 2 nitrogen and oxygen atoms in total. The van der Waals surface area contributed by atoms with Gasteiger partial charge >= 0.3 is 11.8 Å². The largest absolute Gasteiger partial charge is 0.378 e. The number of carbonyl (C=O) groups excluding carboxylic acids is 1. The predicted molar refractivity (Wildman–Crippen MR) is 44.6 cm³/mol. The van der Waals surface area contributed by atoms with E-state index < -0.39 is 34.0 Å². The molecule has 0 atom stereocenters. The number of ketones is 1. The molecule has 0 radical (unpaired) electrons. The van der Waals surface area contributed by atoms with Crippen molar-refractivity contribution >= 4 is 29.0 Å². The summed E-state index contributed by atoms with van der Waals surface area (Å²) in [6, 6.07) is 0. The predicted octanol–water partition coefficient (Wildman–Crippen LogP) is 2.15. The molecule has 1 N–H and O–H groups in total. The molecule has 15 heavy (non-hydrogen) atoms. The van der Waals surface area contributed by atoms with Gasteiger partial charge in [0.1, 0.15) is 5.78 Å². The van der Waals surface area contributed by atoms with Crippen LogP contribution in [0.4, 0.5) is 17.6 Å². The molecule has 0 aromatic heterocycles. The van der Waals surface area contributed by atoms with Gasteiger partial charge in [0, 0.05) is 6.42 Å². The number of rotatable bonds is 2. The average Bonchev–Trinajstić information content (AvgIpc) is 2.00. The van der Waals surface area contributed by atoms with Crippen LogP contribution in [-0.2, 0) is 4.79 Å². The average molecular weight is 269 g/mol. The van der Waals surface area contributed by atoms with E-state index in [4.69, 9.17) is 28.3 Å². The Kier molecular flexibility index (Phi) is 2.59. The molecular weight excluding hydrogens is 263 g/mol. The van der Waals surface area contributed by atoms with E-state index in [1.54, 1.807) is 0 Å². The Morgan fingerprint density at radius 3 is 1.80 bits per heavy atom. The van der Waals surface area contributed by atoms with Crippen molar-refractivity contribution in [1.29, 1.82) is 0 Å². The van der Waals surface area contributed by atoms with Gasteiger partial charge in [-0.3, -0.25) is 4.79 Å². The van der Waals surface area contributed by atoms with Gasteiger partial charge in [0.2, 0.25) is 9.93 Å². The van der Waals surface area contributed by atoms with E-state index in [-0.39, 0.29) is 0 Å². The first-order valence-corrected chi connectivity index (χ1v) is 4.52. The summed E-state index contributed by atoms with van der Waals surface area (Å²) in [5, 5.41) is 9.08. The SMILES string of the molecule is CC(=O)CC1(O)C(F)(F)C(Cl)(Cl)C1(F)F. The summed E-state index contributed by atoms with van der Waals surface area (Å²) in [5.74, 6) is -9.91. The summed E-state index contributed by atoms with van der Waals surface area (Å²) >= 11 is 9.50. The smallest absolute Gasteiger partial charge is 0.321 e. The van der Waals surface area contributed by atoms with Crippen molar-refractivity contribution in [2.45, 2.75) is 35.1 Å². The monoisotopic (exact) mass is 268 g/mol. The topological polar surface area (TPSA) is 37.3 Å². The Bertz CT molecular complexity index is 298. The summed E-state index contributed by atoms with van der Waals surface area (Å²) in [6.07, 6.45) is -1.41. The van der Waals surface area contributed by atoms with Crippen LogP contribution in [0.25, 0.3) is 0 Å². The van der Waals surface area contributed by atoms with Crippen molar-refractivity contribution in [2.75, 3.05) is 0 Å². The first-order chi connectivity index (χ1) is 6.42. The molecule has 1 aliphatic carbocycles. The maximum atomic E-state index is 13.1. The van der Waals surface area contributed by atoms with Gasteiger partial charge in [0.15, 0.2) is 0 Å². The second-order valence-electron chi connectivity index (χ2n) is 3.46. The van der Waals surface area contributed by atoms with E-state index in [1.165, 1.54) is 0 Å². The zero-order valence-electron chi connectivity index (χ0n) is 7.33. The lowest BCUT2D eigenvalue weighted by atomic mass is 9.68. The van der Waals surface area contributed by atoms with Crippen LogP contribution in [0, 0.1) is 0 Å². The second-order valence-corrected chi connectivity index (χ2v) is 4.79. The number of aliphatic hydroxyl groups is 1. The van der Waals surface area contributed by atoms with E-state index in [1.807, 2.05) is 0 Å². The Hall–Kier alpha value is -0.0700. The van der Waals surface area contributed by atoms with Gasteiger partial charge in [-0.15, -0.1) is 0 Å². The minimum Gasteiger partial charge on any atom is -0.378 e. The number of halogens is 6. The molecule has 0 heterocycles. The van der Waals surface area contributed by atoms with Crippen molar-refractivity contribution in [3.63, 3.8) is 0 Å². The van der Waals surface area contributed by atoms with E-state index >= 15 is 0 Å². The standard InChI is InChI=1S/C7H6Cl2F4O2/c1-3(14)2-4(15)6(10,11)5(8,9)7(4,12)13/h15H,2H2,1H3. The third-order valence-corrected chi connectivity index (χ3v) is 3.28. The molecule has 0 unspecified atom stereocenters. The van der Waals surface area contributed by atoms with Crippen molar-refractivity contribution in [3.8, 4) is 0 Å². The van der Waals surface area contributed by atoms with Crippen LogP contribution >= 0.6 is 23.2 Å². The maximum absolute atomic E-state index is 13.1. The zero-order chi connectivity index (χ0) is 12.3. The number of hydrogen-bond acceptors (Lipinski definition) is 2. The van der Waals surface area contributed by atoms with Crippen molar-refractivity contribution in [3.05, 3.63) is 0 Å². The van der Waals surface area contributed by atoms with Crippen molar-refractivity contribution in [2.24, 2.45) is 0 Å². The van der Waals surface area contributed by atoms with Crippen LogP contribution < -0.4 is 0 Å². The molecule has 0 aromatic rings. The Labute approximate surface area is 92.1 Å². The normalized spacial score (nSPS) is 29.3. The lowest BCUT2D eigenvalue weighted by molar-refractivity contribution is -0.380. The van der Waals surface area contributed by atoms with E-state index in [0.717, 1.165) is 6.92 Å². The van der Waals surface area contributed by atoms with Gasteiger partial charge in [-0.1, -0.05) is 23.2 Å². The molecular formula is C7H6Cl2F4O2. The summed E-state index contributed by atoms with van der Waals surface area (Å²) in [6.45, 7) is 0.798. The molecule has 0 saturated heterocycles. The number of Topliss-reactive ketones (excluding diaryl/α,β-unsaturated/α-hetero) is 1. The zero-order valence-corrected chi connectivity index (χ0v) is 8.84. The van der Waals surface area contributed by atoms with Gasteiger partial charge in [-0.2, -0.15) is 17.6 Å². The first-order valence-electron chi connectivity index (χ1n) is 3.77. The third-order valence-electron chi connectivity index (χ3n) is 2.33. The van der Waals surface area contributed by atoms with Gasteiger partial charge in [-0.05, 0) is 6.92 Å². The highest BCUT2D eigenvalue weighted by molar-refractivity contribution is 6.51. The molecule has 1 rings (SSSR count). The molecule has 88 valence electrons. The summed E-state index contributed by atoms with van der Waals surface area (Å²) in [5.41, 5.74) is -3.81. The number of carbonyl (C=O) groups is 1. The van der Waals surface area contributed by atoms with Crippen LogP contribution in [-0.4, -0.2) is 32.7 Å².